The van der Waals surface area contributed by atoms with Crippen molar-refractivity contribution in [1.82, 2.24) is 4.90 Å². The van der Waals surface area contributed by atoms with Crippen LogP contribution < -0.4 is 5.73 Å². The summed E-state index contributed by atoms with van der Waals surface area (Å²) in [4.78, 5) is 12.0. The number of hydrogen-bond acceptors (Lipinski definition) is 2. The van der Waals surface area contributed by atoms with E-state index in [1.807, 2.05) is 0 Å². The van der Waals surface area contributed by atoms with E-state index < -0.39 is 59.6 Å². The van der Waals surface area contributed by atoms with Crippen LogP contribution in [0.5, 0.6) is 0 Å². The van der Waals surface area contributed by atoms with Crippen molar-refractivity contribution < 1.29 is 31.1 Å². The topological polar surface area (TPSA) is 46.3 Å². The Labute approximate surface area is 128 Å². The highest BCUT2D eigenvalue weighted by atomic mass is 19.3. The summed E-state index contributed by atoms with van der Waals surface area (Å²) in [6, 6.07) is -1.50. The van der Waals surface area contributed by atoms with Crippen LogP contribution in [-0.2, 0) is 4.79 Å². The summed E-state index contributed by atoms with van der Waals surface area (Å²) in [6.45, 7) is 1.16. The molecule has 1 aliphatic rings. The number of nitrogens with two attached hydrogens (primary N) is 1. The van der Waals surface area contributed by atoms with E-state index in [0.29, 0.717) is 12.1 Å². The second-order valence-corrected chi connectivity index (χ2v) is 5.40. The van der Waals surface area contributed by atoms with Gasteiger partial charge in [0, 0.05) is 17.5 Å². The molecule has 1 amide bonds. The van der Waals surface area contributed by atoms with Crippen LogP contribution in [0.1, 0.15) is 24.8 Å². The number of carbonyl (C=O) groups is 1. The summed E-state index contributed by atoms with van der Waals surface area (Å²) in [5.41, 5.74) is 4.76. The van der Waals surface area contributed by atoms with Gasteiger partial charge in [-0.3, -0.25) is 4.79 Å². The molecule has 9 heteroatoms. The van der Waals surface area contributed by atoms with Crippen LogP contribution in [-0.4, -0.2) is 35.6 Å². The maximum atomic E-state index is 13.9. The number of amides is 1. The first-order valence-electron chi connectivity index (χ1n) is 6.80. The van der Waals surface area contributed by atoms with E-state index in [1.165, 1.54) is 0 Å². The maximum absolute atomic E-state index is 13.9. The third kappa shape index (κ3) is 3.01. The Morgan fingerprint density at radius 1 is 1.17 bits per heavy atom. The van der Waals surface area contributed by atoms with Crippen LogP contribution in [0.3, 0.4) is 0 Å². The molecule has 0 radical (unpaired) electrons. The Balaban J connectivity index is 2.48. The SMILES string of the molecule is C[C@@H]1[C@H](c2c(F)ccc(F)c2F)C[C@H](N)C(=O)N1C(F)C(F)F. The van der Waals surface area contributed by atoms with Crippen LogP contribution in [0.15, 0.2) is 12.1 Å². The summed E-state index contributed by atoms with van der Waals surface area (Å²) in [5, 5.41) is 0. The normalized spacial score (nSPS) is 26.7. The van der Waals surface area contributed by atoms with Gasteiger partial charge in [-0.25, -0.2) is 26.3 Å². The zero-order valence-electron chi connectivity index (χ0n) is 11.9. The first-order valence-corrected chi connectivity index (χ1v) is 6.80. The van der Waals surface area contributed by atoms with Crippen molar-refractivity contribution in [1.29, 1.82) is 0 Å². The molecule has 1 fully saturated rings. The van der Waals surface area contributed by atoms with Crippen LogP contribution in [0.25, 0.3) is 0 Å². The molecule has 1 aliphatic heterocycles. The lowest BCUT2D eigenvalue weighted by Crippen LogP contribution is -2.59. The van der Waals surface area contributed by atoms with E-state index in [0.717, 1.165) is 6.92 Å². The molecule has 2 rings (SSSR count). The van der Waals surface area contributed by atoms with Gasteiger partial charge in [-0.2, -0.15) is 0 Å². The molecule has 0 spiro atoms. The van der Waals surface area contributed by atoms with Gasteiger partial charge in [-0.15, -0.1) is 0 Å². The number of piperidine rings is 1. The van der Waals surface area contributed by atoms with Gasteiger partial charge < -0.3 is 10.6 Å². The van der Waals surface area contributed by atoms with Crippen molar-refractivity contribution in [2.24, 2.45) is 5.73 Å². The lowest BCUT2D eigenvalue weighted by atomic mass is 9.81. The van der Waals surface area contributed by atoms with Crippen LogP contribution in [0.2, 0.25) is 0 Å². The fourth-order valence-corrected chi connectivity index (χ4v) is 2.87. The summed E-state index contributed by atoms with van der Waals surface area (Å²) in [5.74, 6) is -6.30. The van der Waals surface area contributed by atoms with Crippen molar-refractivity contribution in [3.63, 3.8) is 0 Å². The van der Waals surface area contributed by atoms with Gasteiger partial charge in [0.15, 0.2) is 11.6 Å². The quantitative estimate of drug-likeness (QED) is 0.522. The molecule has 1 aromatic rings. The second-order valence-electron chi connectivity index (χ2n) is 5.40. The molecular weight excluding hydrogens is 326 g/mol. The fourth-order valence-electron chi connectivity index (χ4n) is 2.87. The second kappa shape index (κ2) is 6.38. The van der Waals surface area contributed by atoms with Crippen molar-refractivity contribution >= 4 is 5.91 Å². The summed E-state index contributed by atoms with van der Waals surface area (Å²) < 4.78 is 80.1. The Bertz CT molecular complexity index is 611. The van der Waals surface area contributed by atoms with Crippen LogP contribution in [0, 0.1) is 17.5 Å². The minimum atomic E-state index is -3.51. The number of rotatable bonds is 3. The van der Waals surface area contributed by atoms with Gasteiger partial charge in [0.05, 0.1) is 6.04 Å². The van der Waals surface area contributed by atoms with Gasteiger partial charge in [-0.05, 0) is 25.5 Å². The Hall–Kier alpha value is -1.77. The molecule has 1 saturated heterocycles. The van der Waals surface area contributed by atoms with Gasteiger partial charge >= 0.3 is 0 Å². The molecule has 1 unspecified atom stereocenters. The van der Waals surface area contributed by atoms with E-state index in [1.54, 1.807) is 0 Å². The zero-order valence-corrected chi connectivity index (χ0v) is 11.9. The smallest absolute Gasteiger partial charge is 0.287 e. The fraction of sp³-hybridized carbons (Fsp3) is 0.500. The molecule has 2 N–H and O–H groups in total. The van der Waals surface area contributed by atoms with E-state index in [2.05, 4.69) is 0 Å². The first kappa shape index (κ1) is 17.6. The lowest BCUT2D eigenvalue weighted by molar-refractivity contribution is -0.156. The molecule has 23 heavy (non-hydrogen) atoms. The van der Waals surface area contributed by atoms with E-state index in [9.17, 15) is 31.1 Å². The van der Waals surface area contributed by atoms with E-state index >= 15 is 0 Å². The Morgan fingerprint density at radius 3 is 2.30 bits per heavy atom. The average molecular weight is 340 g/mol. The molecule has 1 aromatic carbocycles. The summed E-state index contributed by atoms with van der Waals surface area (Å²) in [7, 11) is 0. The lowest BCUT2D eigenvalue weighted by Gasteiger charge is -2.43. The number of halogens is 6. The predicted molar refractivity (Wildman–Crippen MR) is 68.9 cm³/mol. The van der Waals surface area contributed by atoms with Gasteiger partial charge in [0.25, 0.3) is 6.43 Å². The van der Waals surface area contributed by atoms with E-state index in [-0.39, 0.29) is 11.3 Å². The predicted octanol–water partition coefficient (Wildman–Crippen LogP) is 2.70. The van der Waals surface area contributed by atoms with Crippen LogP contribution >= 0.6 is 0 Å². The average Bonchev–Trinajstić information content (AvgIpc) is 2.48. The van der Waals surface area contributed by atoms with Gasteiger partial charge in [0.2, 0.25) is 12.2 Å². The minimum absolute atomic E-state index is 0.174. The van der Waals surface area contributed by atoms with Crippen molar-refractivity contribution in [3.05, 3.63) is 35.1 Å². The standard InChI is InChI=1S/C14H14F6N2O/c1-5-6(10-7(15)2-3-8(16)11(10)17)4-9(21)14(23)22(5)13(20)12(18)19/h2-3,5-6,9,12-13H,4,21H2,1H3/t5-,6-,9+,13?/m1/s1. The molecule has 4 atom stereocenters. The largest absolute Gasteiger partial charge is 0.320 e. The van der Waals surface area contributed by atoms with Gasteiger partial charge in [-0.1, -0.05) is 0 Å². The van der Waals surface area contributed by atoms with Crippen molar-refractivity contribution in [2.45, 2.75) is 44.1 Å². The molecule has 0 bridgehead atoms. The third-order valence-electron chi connectivity index (χ3n) is 4.02. The molecule has 0 aromatic heterocycles. The number of hydrogen-bond donors (Lipinski definition) is 1. The maximum Gasteiger partial charge on any atom is 0.287 e. The third-order valence-corrected chi connectivity index (χ3v) is 4.02. The number of carbonyl (C=O) groups excluding carboxylic acids is 1. The number of likely N-dealkylation sites (tertiary alicyclic amines) is 1. The number of alkyl halides is 3. The number of benzene rings is 1. The number of nitrogens with zero attached hydrogens (tertiary/aromatic N) is 1. The highest BCUT2D eigenvalue weighted by Crippen LogP contribution is 2.38. The molecule has 0 saturated carbocycles. The van der Waals surface area contributed by atoms with Gasteiger partial charge in [0.1, 0.15) is 5.82 Å². The highest BCUT2D eigenvalue weighted by Gasteiger charge is 2.46. The van der Waals surface area contributed by atoms with Crippen molar-refractivity contribution in [3.8, 4) is 0 Å². The monoisotopic (exact) mass is 340 g/mol. The Morgan fingerprint density at radius 2 is 1.74 bits per heavy atom. The van der Waals surface area contributed by atoms with E-state index in [4.69, 9.17) is 5.73 Å². The molecule has 128 valence electrons. The molecule has 0 aliphatic carbocycles. The zero-order chi connectivity index (χ0) is 17.5. The Kier molecular flexibility index (Phi) is 4.88. The highest BCUT2D eigenvalue weighted by molar-refractivity contribution is 5.83. The summed E-state index contributed by atoms with van der Waals surface area (Å²) >= 11 is 0. The minimum Gasteiger partial charge on any atom is -0.320 e. The first-order chi connectivity index (χ1) is 10.7. The van der Waals surface area contributed by atoms with Crippen LogP contribution in [0.4, 0.5) is 26.3 Å². The van der Waals surface area contributed by atoms with Crippen molar-refractivity contribution in [2.75, 3.05) is 0 Å². The molecule has 1 heterocycles. The molecule has 3 nitrogen and oxygen atoms in total. The molecular formula is C14H14F6N2O. The summed E-state index contributed by atoms with van der Waals surface area (Å²) in [6.07, 6.45) is -6.79.